The molecule has 126 valence electrons. The van der Waals surface area contributed by atoms with E-state index >= 15 is 0 Å². The van der Waals surface area contributed by atoms with Crippen LogP contribution in [0, 0.1) is 6.92 Å². The second-order valence-electron chi connectivity index (χ2n) is 6.15. The fourth-order valence-corrected chi connectivity index (χ4v) is 4.77. The van der Waals surface area contributed by atoms with Crippen LogP contribution in [0.2, 0.25) is 0 Å². The van der Waals surface area contributed by atoms with Crippen LogP contribution in [-0.2, 0) is 9.84 Å². The third-order valence-electron chi connectivity index (χ3n) is 4.34. The third-order valence-corrected chi connectivity index (χ3v) is 6.62. The van der Waals surface area contributed by atoms with Crippen molar-refractivity contribution in [2.24, 2.45) is 0 Å². The van der Waals surface area contributed by atoms with Crippen molar-refractivity contribution in [1.82, 2.24) is 4.98 Å². The maximum atomic E-state index is 12.5. The first-order valence-corrected chi connectivity index (χ1v) is 9.59. The van der Waals surface area contributed by atoms with E-state index in [9.17, 15) is 13.2 Å². The van der Waals surface area contributed by atoms with E-state index in [1.165, 1.54) is 12.1 Å². The lowest BCUT2D eigenvalue weighted by Gasteiger charge is -2.11. The van der Waals surface area contributed by atoms with Crippen LogP contribution in [0.1, 0.15) is 41.6 Å². The van der Waals surface area contributed by atoms with Crippen LogP contribution in [-0.4, -0.2) is 24.6 Å². The number of carbonyl (C=O) groups excluding carboxylic acids is 1. The number of anilines is 1. The highest BCUT2D eigenvalue weighted by molar-refractivity contribution is 7.92. The van der Waals surface area contributed by atoms with Crippen molar-refractivity contribution < 1.29 is 13.2 Å². The normalized spacial score (nSPS) is 15.4. The minimum atomic E-state index is -3.29. The summed E-state index contributed by atoms with van der Waals surface area (Å²) >= 11 is 0. The molecule has 0 unspecified atom stereocenters. The van der Waals surface area contributed by atoms with Gasteiger partial charge < -0.3 is 5.32 Å². The summed E-state index contributed by atoms with van der Waals surface area (Å²) in [5.74, 6) is 0.157. The summed E-state index contributed by atoms with van der Waals surface area (Å²) in [5, 5.41) is 2.42. The van der Waals surface area contributed by atoms with Gasteiger partial charge in [0.1, 0.15) is 5.82 Å². The number of rotatable bonds is 4. The van der Waals surface area contributed by atoms with E-state index < -0.39 is 9.84 Å². The molecule has 1 N–H and O–H groups in total. The van der Waals surface area contributed by atoms with Gasteiger partial charge in [0.05, 0.1) is 10.1 Å². The first kappa shape index (κ1) is 16.6. The van der Waals surface area contributed by atoms with Gasteiger partial charge in [0.2, 0.25) is 0 Å². The minimum Gasteiger partial charge on any atom is -0.307 e. The van der Waals surface area contributed by atoms with E-state index in [-0.39, 0.29) is 11.2 Å². The number of nitrogens with one attached hydrogen (secondary N) is 1. The third kappa shape index (κ3) is 3.48. The molecule has 6 heteroatoms. The summed E-state index contributed by atoms with van der Waals surface area (Å²) in [4.78, 5) is 16.6. The summed E-state index contributed by atoms with van der Waals surface area (Å²) in [6.45, 7) is 1.92. The summed E-state index contributed by atoms with van der Waals surface area (Å²) in [5.41, 5.74) is 1.41. The maximum Gasteiger partial charge on any atom is 0.256 e. The molecule has 0 bridgehead atoms. The van der Waals surface area contributed by atoms with Crippen molar-refractivity contribution in [2.75, 3.05) is 5.32 Å². The molecule has 1 amide bonds. The summed E-state index contributed by atoms with van der Waals surface area (Å²) < 4.78 is 25.1. The highest BCUT2D eigenvalue weighted by atomic mass is 32.2. The molecular weight excluding hydrogens is 324 g/mol. The Morgan fingerprint density at radius 3 is 2.33 bits per heavy atom. The molecule has 1 aliphatic rings. The van der Waals surface area contributed by atoms with Crippen molar-refractivity contribution in [3.8, 4) is 0 Å². The summed E-state index contributed by atoms with van der Waals surface area (Å²) in [6.07, 6.45) is 5.06. The predicted molar refractivity (Wildman–Crippen MR) is 92.8 cm³/mol. The topological polar surface area (TPSA) is 76.1 Å². The number of nitrogens with zero attached hydrogens (tertiary/aromatic N) is 1. The van der Waals surface area contributed by atoms with Crippen LogP contribution in [0.25, 0.3) is 0 Å². The van der Waals surface area contributed by atoms with Crippen molar-refractivity contribution in [2.45, 2.75) is 42.8 Å². The number of carbonyl (C=O) groups is 1. The first-order valence-electron chi connectivity index (χ1n) is 8.05. The van der Waals surface area contributed by atoms with E-state index in [4.69, 9.17) is 0 Å². The van der Waals surface area contributed by atoms with E-state index in [1.807, 2.05) is 13.0 Å². The maximum absolute atomic E-state index is 12.5. The highest BCUT2D eigenvalue weighted by Crippen LogP contribution is 2.29. The van der Waals surface area contributed by atoms with E-state index in [0.29, 0.717) is 16.3 Å². The van der Waals surface area contributed by atoms with E-state index in [1.54, 1.807) is 24.4 Å². The number of benzene rings is 1. The molecule has 1 fully saturated rings. The molecule has 1 aromatic carbocycles. The molecule has 1 aliphatic carbocycles. The van der Waals surface area contributed by atoms with Gasteiger partial charge in [-0.15, -0.1) is 0 Å². The molecule has 0 aliphatic heterocycles. The highest BCUT2D eigenvalue weighted by Gasteiger charge is 2.30. The molecule has 0 spiro atoms. The Morgan fingerprint density at radius 1 is 1.08 bits per heavy atom. The molecule has 1 saturated carbocycles. The predicted octanol–water partition coefficient (Wildman–Crippen LogP) is 3.36. The SMILES string of the molecule is Cc1ccc(NC(=O)c2ccc(S(=O)(=O)C3CCCC3)cc2)nc1. The number of pyridine rings is 1. The molecule has 0 radical (unpaired) electrons. The van der Waals surface area contributed by atoms with Crippen LogP contribution in [0.3, 0.4) is 0 Å². The van der Waals surface area contributed by atoms with Crippen molar-refractivity contribution in [3.63, 3.8) is 0 Å². The Bertz CT molecular complexity index is 822. The molecule has 3 rings (SSSR count). The average molecular weight is 344 g/mol. The van der Waals surface area contributed by atoms with E-state index in [0.717, 1.165) is 31.2 Å². The van der Waals surface area contributed by atoms with Crippen LogP contribution in [0.4, 0.5) is 5.82 Å². The second kappa shape index (κ2) is 6.73. The second-order valence-corrected chi connectivity index (χ2v) is 8.38. The largest absolute Gasteiger partial charge is 0.307 e. The summed E-state index contributed by atoms with van der Waals surface area (Å²) in [7, 11) is -3.29. The number of hydrogen-bond donors (Lipinski definition) is 1. The molecule has 1 heterocycles. The van der Waals surface area contributed by atoms with Gasteiger partial charge in [-0.05, 0) is 55.7 Å². The Kier molecular flexibility index (Phi) is 4.66. The van der Waals surface area contributed by atoms with Crippen molar-refractivity contribution in [3.05, 3.63) is 53.7 Å². The molecular formula is C18H20N2O3S. The van der Waals surface area contributed by atoms with Gasteiger partial charge in [-0.3, -0.25) is 4.79 Å². The smallest absolute Gasteiger partial charge is 0.256 e. The van der Waals surface area contributed by atoms with Gasteiger partial charge >= 0.3 is 0 Å². The lowest BCUT2D eigenvalue weighted by Crippen LogP contribution is -2.18. The molecule has 24 heavy (non-hydrogen) atoms. The van der Waals surface area contributed by atoms with Crippen LogP contribution in [0.15, 0.2) is 47.5 Å². The standard InChI is InChI=1S/C18H20N2O3S/c1-13-6-11-17(19-12-13)20-18(21)14-7-9-16(10-8-14)24(22,23)15-4-2-3-5-15/h6-12,15H,2-5H2,1H3,(H,19,20,21). The average Bonchev–Trinajstić information content (AvgIpc) is 3.12. The number of hydrogen-bond acceptors (Lipinski definition) is 4. The van der Waals surface area contributed by atoms with E-state index in [2.05, 4.69) is 10.3 Å². The van der Waals surface area contributed by atoms with Crippen LogP contribution < -0.4 is 5.32 Å². The zero-order valence-electron chi connectivity index (χ0n) is 13.5. The lowest BCUT2D eigenvalue weighted by atomic mass is 10.2. The number of amides is 1. The molecule has 0 atom stereocenters. The number of aryl methyl sites for hydroxylation is 1. The Labute approximate surface area is 142 Å². The lowest BCUT2D eigenvalue weighted by molar-refractivity contribution is 0.102. The van der Waals surface area contributed by atoms with Gasteiger partial charge in [-0.1, -0.05) is 18.9 Å². The van der Waals surface area contributed by atoms with Crippen LogP contribution >= 0.6 is 0 Å². The molecule has 5 nitrogen and oxygen atoms in total. The van der Waals surface area contributed by atoms with Gasteiger partial charge in [-0.2, -0.15) is 0 Å². The fraction of sp³-hybridized carbons (Fsp3) is 0.333. The molecule has 0 saturated heterocycles. The number of aromatic nitrogens is 1. The molecule has 2 aromatic rings. The Hall–Kier alpha value is -2.21. The van der Waals surface area contributed by atoms with Gasteiger partial charge in [0, 0.05) is 11.8 Å². The Morgan fingerprint density at radius 2 is 1.75 bits per heavy atom. The van der Waals surface area contributed by atoms with Gasteiger partial charge in [0.15, 0.2) is 9.84 Å². The molecule has 1 aromatic heterocycles. The minimum absolute atomic E-state index is 0.283. The van der Waals surface area contributed by atoms with Crippen molar-refractivity contribution in [1.29, 1.82) is 0 Å². The summed E-state index contributed by atoms with van der Waals surface area (Å²) in [6, 6.07) is 9.72. The zero-order chi connectivity index (χ0) is 17.2. The van der Waals surface area contributed by atoms with Crippen LogP contribution in [0.5, 0.6) is 0 Å². The first-order chi connectivity index (χ1) is 11.5. The van der Waals surface area contributed by atoms with Gasteiger partial charge in [0.25, 0.3) is 5.91 Å². The fourth-order valence-electron chi connectivity index (χ4n) is 2.92. The van der Waals surface area contributed by atoms with Crippen molar-refractivity contribution >= 4 is 21.6 Å². The quantitative estimate of drug-likeness (QED) is 0.923. The zero-order valence-corrected chi connectivity index (χ0v) is 14.3. The number of sulfone groups is 1. The monoisotopic (exact) mass is 344 g/mol. The Balaban J connectivity index is 1.74. The van der Waals surface area contributed by atoms with Gasteiger partial charge in [-0.25, -0.2) is 13.4 Å².